The van der Waals surface area contributed by atoms with Gasteiger partial charge in [-0.1, -0.05) is 30.3 Å². The number of rotatable bonds is 10. The predicted octanol–water partition coefficient (Wildman–Crippen LogP) is 2.83. The first-order chi connectivity index (χ1) is 15.4. The zero-order valence-corrected chi connectivity index (χ0v) is 18.7. The monoisotopic (exact) mass is 459 g/mol. The van der Waals surface area contributed by atoms with Crippen molar-refractivity contribution in [2.24, 2.45) is 5.92 Å². The van der Waals surface area contributed by atoms with E-state index in [1.54, 1.807) is 0 Å². The van der Waals surface area contributed by atoms with Gasteiger partial charge in [0.25, 0.3) is 5.69 Å². The highest BCUT2D eigenvalue weighted by Gasteiger charge is 2.28. The summed E-state index contributed by atoms with van der Waals surface area (Å²) >= 11 is 0. The summed E-state index contributed by atoms with van der Waals surface area (Å²) in [5.41, 5.74) is 0.961. The van der Waals surface area contributed by atoms with Gasteiger partial charge in [-0.15, -0.1) is 0 Å². The van der Waals surface area contributed by atoms with Crippen LogP contribution in [0.5, 0.6) is 0 Å². The van der Waals surface area contributed by atoms with Gasteiger partial charge < -0.3 is 10.0 Å². The largest absolute Gasteiger partial charge is 0.392 e. The molecule has 0 radical (unpaired) electrons. The highest BCUT2D eigenvalue weighted by molar-refractivity contribution is 7.83. The molecule has 1 saturated heterocycles. The first-order valence-corrected chi connectivity index (χ1v) is 12.0. The summed E-state index contributed by atoms with van der Waals surface area (Å²) in [7, 11) is -1.62. The molecule has 1 aliphatic heterocycles. The van der Waals surface area contributed by atoms with Crippen LogP contribution >= 0.6 is 0 Å². The number of hydrogen-bond donors (Lipinski definition) is 2. The van der Waals surface area contributed by atoms with Crippen LogP contribution in [0.4, 0.5) is 5.69 Å². The minimum Gasteiger partial charge on any atom is -0.392 e. The lowest BCUT2D eigenvalue weighted by Crippen LogP contribution is -2.42. The van der Waals surface area contributed by atoms with Gasteiger partial charge in [0, 0.05) is 37.7 Å². The summed E-state index contributed by atoms with van der Waals surface area (Å²) in [6, 6.07) is 15.2. The highest BCUT2D eigenvalue weighted by Crippen LogP contribution is 2.21. The fraction of sp³-hybridized carbons (Fsp3) is 0.435. The number of nitrogens with one attached hydrogen (secondary N) is 1. The van der Waals surface area contributed by atoms with Crippen molar-refractivity contribution in [3.8, 4) is 0 Å². The standard InChI is InChI=1S/C23H29N3O5S/c27-21(17-24-32(31)22-11-9-20(10-12-22)26(29)30)16-19(15-18-7-3-1-4-8-18)23(28)25-13-5-2-6-14-25/h1,3-4,7-12,19,21,24,27H,2,5-6,13-17H2/t19-,21+,32?/m1/s1. The second-order valence-electron chi connectivity index (χ2n) is 8.03. The van der Waals surface area contributed by atoms with Crippen molar-refractivity contribution in [2.75, 3.05) is 19.6 Å². The number of piperidine rings is 1. The number of benzene rings is 2. The summed E-state index contributed by atoms with van der Waals surface area (Å²) in [5.74, 6) is -0.302. The highest BCUT2D eigenvalue weighted by atomic mass is 32.2. The normalized spacial score (nSPS) is 16.8. The van der Waals surface area contributed by atoms with E-state index in [1.165, 1.54) is 24.3 Å². The summed E-state index contributed by atoms with van der Waals surface area (Å²) in [6.07, 6.45) is 3.07. The molecule has 1 amide bonds. The molecule has 3 rings (SSSR count). The van der Waals surface area contributed by atoms with Gasteiger partial charge in [-0.3, -0.25) is 14.9 Å². The molecule has 0 spiro atoms. The average molecular weight is 460 g/mol. The van der Waals surface area contributed by atoms with E-state index >= 15 is 0 Å². The van der Waals surface area contributed by atoms with Gasteiger partial charge in [0.1, 0.15) is 11.0 Å². The average Bonchev–Trinajstić information content (AvgIpc) is 2.83. The molecule has 32 heavy (non-hydrogen) atoms. The Morgan fingerprint density at radius 1 is 1.09 bits per heavy atom. The number of carbonyl (C=O) groups excluding carboxylic acids is 1. The number of carbonyl (C=O) groups is 1. The molecule has 1 fully saturated rings. The summed E-state index contributed by atoms with van der Waals surface area (Å²) in [6.45, 7) is 1.55. The second kappa shape index (κ2) is 11.8. The van der Waals surface area contributed by atoms with Gasteiger partial charge in [-0.25, -0.2) is 8.93 Å². The molecule has 8 nitrogen and oxygen atoms in total. The molecule has 2 aromatic carbocycles. The molecule has 1 heterocycles. The van der Waals surface area contributed by atoms with Crippen molar-refractivity contribution in [3.05, 3.63) is 70.3 Å². The zero-order valence-electron chi connectivity index (χ0n) is 17.9. The maximum absolute atomic E-state index is 13.2. The van der Waals surface area contributed by atoms with Crippen LogP contribution in [0, 0.1) is 16.0 Å². The van der Waals surface area contributed by atoms with Crippen molar-refractivity contribution in [2.45, 2.75) is 43.1 Å². The lowest BCUT2D eigenvalue weighted by molar-refractivity contribution is -0.384. The Morgan fingerprint density at radius 3 is 2.38 bits per heavy atom. The third-order valence-corrected chi connectivity index (χ3v) is 6.74. The first kappa shape index (κ1) is 24.0. The molecular weight excluding hydrogens is 430 g/mol. The van der Waals surface area contributed by atoms with E-state index in [9.17, 15) is 24.2 Å². The number of non-ortho nitro benzene ring substituents is 1. The Labute approximate surface area is 190 Å². The van der Waals surface area contributed by atoms with Crippen LogP contribution in [0.15, 0.2) is 59.5 Å². The number of nitro benzene ring substituents is 1. The minimum absolute atomic E-state index is 0.0438. The maximum atomic E-state index is 13.2. The van der Waals surface area contributed by atoms with Crippen LogP contribution in [-0.2, 0) is 22.2 Å². The van der Waals surface area contributed by atoms with Crippen molar-refractivity contribution >= 4 is 22.6 Å². The number of nitrogens with zero attached hydrogens (tertiary/aromatic N) is 2. The van der Waals surface area contributed by atoms with Gasteiger partial charge in [0.15, 0.2) is 0 Å². The van der Waals surface area contributed by atoms with Crippen molar-refractivity contribution in [1.82, 2.24) is 9.62 Å². The van der Waals surface area contributed by atoms with Crippen LogP contribution in [0.3, 0.4) is 0 Å². The molecule has 2 N–H and O–H groups in total. The number of likely N-dealkylation sites (tertiary alicyclic amines) is 1. The van der Waals surface area contributed by atoms with E-state index in [4.69, 9.17) is 0 Å². The van der Waals surface area contributed by atoms with Gasteiger partial charge >= 0.3 is 0 Å². The maximum Gasteiger partial charge on any atom is 0.269 e. The summed E-state index contributed by atoms with van der Waals surface area (Å²) < 4.78 is 15.2. The fourth-order valence-corrected chi connectivity index (χ4v) is 4.79. The van der Waals surface area contributed by atoms with Crippen molar-refractivity contribution in [1.29, 1.82) is 0 Å². The van der Waals surface area contributed by atoms with Crippen molar-refractivity contribution < 1.29 is 19.0 Å². The first-order valence-electron chi connectivity index (χ1n) is 10.8. The molecule has 172 valence electrons. The third-order valence-electron chi connectivity index (χ3n) is 5.61. The third kappa shape index (κ3) is 6.94. The summed E-state index contributed by atoms with van der Waals surface area (Å²) in [4.78, 5) is 25.7. The van der Waals surface area contributed by atoms with E-state index in [-0.39, 0.29) is 30.5 Å². The smallest absolute Gasteiger partial charge is 0.269 e. The topological polar surface area (TPSA) is 113 Å². The van der Waals surface area contributed by atoms with Crippen LogP contribution < -0.4 is 4.72 Å². The zero-order chi connectivity index (χ0) is 22.9. The molecule has 9 heteroatoms. The predicted molar refractivity (Wildman–Crippen MR) is 122 cm³/mol. The summed E-state index contributed by atoms with van der Waals surface area (Å²) in [5, 5.41) is 21.4. The number of aliphatic hydroxyl groups is 1. The Hall–Kier alpha value is -2.62. The SMILES string of the molecule is O=C([C@H](Cc1ccccc1)C[C@H](O)CNS(=O)c1ccc([N+](=O)[O-])cc1)N1CCCCC1. The lowest BCUT2D eigenvalue weighted by Gasteiger charge is -2.31. The van der Waals surface area contributed by atoms with Gasteiger partial charge in [-0.2, -0.15) is 0 Å². The van der Waals surface area contributed by atoms with Crippen molar-refractivity contribution in [3.63, 3.8) is 0 Å². The minimum atomic E-state index is -1.62. The quantitative estimate of drug-likeness (QED) is 0.419. The fourth-order valence-electron chi connectivity index (χ4n) is 3.90. The molecule has 0 saturated carbocycles. The number of nitro groups is 1. The second-order valence-corrected chi connectivity index (χ2v) is 9.33. The molecule has 1 aliphatic rings. The molecule has 0 aliphatic carbocycles. The lowest BCUT2D eigenvalue weighted by atomic mass is 9.91. The van der Waals surface area contributed by atoms with E-state index in [1.807, 2.05) is 35.2 Å². The molecule has 2 aromatic rings. The molecule has 0 bridgehead atoms. The Balaban J connectivity index is 1.59. The molecule has 0 aromatic heterocycles. The molecule has 3 atom stereocenters. The van der Waals surface area contributed by atoms with E-state index in [2.05, 4.69) is 4.72 Å². The Morgan fingerprint density at radius 2 is 1.75 bits per heavy atom. The number of aliphatic hydroxyl groups excluding tert-OH is 1. The number of hydrogen-bond acceptors (Lipinski definition) is 5. The van der Waals surface area contributed by atoms with E-state index < -0.39 is 22.0 Å². The van der Waals surface area contributed by atoms with E-state index in [0.29, 0.717) is 11.3 Å². The Bertz CT molecular complexity index is 917. The van der Waals surface area contributed by atoms with E-state index in [0.717, 1.165) is 37.9 Å². The number of amides is 1. The molecular formula is C23H29N3O5S. The van der Waals surface area contributed by atoms with Crippen LogP contribution in [0.2, 0.25) is 0 Å². The van der Waals surface area contributed by atoms with Gasteiger partial charge in [-0.05, 0) is 49.8 Å². The van der Waals surface area contributed by atoms with Crippen LogP contribution in [0.1, 0.15) is 31.2 Å². The van der Waals surface area contributed by atoms with Gasteiger partial charge in [0.2, 0.25) is 5.91 Å². The molecule has 1 unspecified atom stereocenters. The van der Waals surface area contributed by atoms with Crippen LogP contribution in [-0.4, -0.2) is 50.8 Å². The Kier molecular flexibility index (Phi) is 8.90. The van der Waals surface area contributed by atoms with Gasteiger partial charge in [0.05, 0.1) is 15.9 Å². The van der Waals surface area contributed by atoms with Crippen LogP contribution in [0.25, 0.3) is 0 Å².